The van der Waals surface area contributed by atoms with Gasteiger partial charge in [-0.1, -0.05) is 6.07 Å². The number of carbonyl (C=O) groups is 2. The van der Waals surface area contributed by atoms with Gasteiger partial charge in [0.2, 0.25) is 0 Å². The van der Waals surface area contributed by atoms with Gasteiger partial charge in [0.1, 0.15) is 11.9 Å². The fourth-order valence-electron chi connectivity index (χ4n) is 5.97. The highest BCUT2D eigenvalue weighted by molar-refractivity contribution is 5.88. The summed E-state index contributed by atoms with van der Waals surface area (Å²) in [5.41, 5.74) is -0.420. The lowest BCUT2D eigenvalue weighted by Crippen LogP contribution is -2.74. The number of aliphatic hydroxyl groups is 3. The molecule has 2 heterocycles. The Morgan fingerprint density at radius 2 is 2.03 bits per heavy atom. The van der Waals surface area contributed by atoms with E-state index in [1.807, 2.05) is 13.1 Å². The van der Waals surface area contributed by atoms with Gasteiger partial charge in [-0.2, -0.15) is 0 Å². The number of Topliss-reactive ketones (excluding diaryl/α,β-unsaturated/α-hetero) is 1. The maximum absolute atomic E-state index is 12.4. The Morgan fingerprint density at radius 1 is 1.29 bits per heavy atom. The number of phenols is 1. The average molecular weight is 431 g/mol. The van der Waals surface area contributed by atoms with Gasteiger partial charge in [0.15, 0.2) is 29.5 Å². The summed E-state index contributed by atoms with van der Waals surface area (Å²) in [6, 6.07) is 3.21. The Hall–Kier alpha value is -2.46. The van der Waals surface area contributed by atoms with Gasteiger partial charge in [-0.05, 0) is 51.1 Å². The van der Waals surface area contributed by atoms with Crippen LogP contribution < -0.4 is 4.74 Å². The smallest absolute Gasteiger partial charge is 0.343 e. The number of hydrogen-bond acceptors (Lipinski definition) is 9. The molecule has 6 atom stereocenters. The van der Waals surface area contributed by atoms with E-state index in [1.54, 1.807) is 12.1 Å². The van der Waals surface area contributed by atoms with Crippen molar-refractivity contribution in [1.82, 2.24) is 4.90 Å². The van der Waals surface area contributed by atoms with E-state index in [0.29, 0.717) is 19.4 Å². The molecule has 166 valence electrons. The van der Waals surface area contributed by atoms with E-state index in [9.17, 15) is 30.0 Å². The van der Waals surface area contributed by atoms with Crippen LogP contribution in [0.1, 0.15) is 30.9 Å². The summed E-state index contributed by atoms with van der Waals surface area (Å²) in [4.78, 5) is 25.9. The molecular weight excluding hydrogens is 406 g/mol. The molecule has 2 unspecified atom stereocenters. The van der Waals surface area contributed by atoms with E-state index in [0.717, 1.165) is 18.1 Å². The van der Waals surface area contributed by atoms with Gasteiger partial charge in [-0.25, -0.2) is 4.79 Å². The lowest BCUT2D eigenvalue weighted by Gasteiger charge is -2.61. The number of benzene rings is 1. The minimum atomic E-state index is -2.04. The van der Waals surface area contributed by atoms with Crippen molar-refractivity contribution < 1.29 is 39.5 Å². The van der Waals surface area contributed by atoms with Gasteiger partial charge < -0.3 is 34.8 Å². The second-order valence-corrected chi connectivity index (χ2v) is 9.02. The van der Waals surface area contributed by atoms with Crippen LogP contribution in [0.3, 0.4) is 0 Å². The summed E-state index contributed by atoms with van der Waals surface area (Å²) in [6.07, 6.45) is -1.97. The van der Waals surface area contributed by atoms with E-state index >= 15 is 0 Å². The van der Waals surface area contributed by atoms with Crippen molar-refractivity contribution >= 4 is 11.8 Å². The van der Waals surface area contributed by atoms with E-state index in [4.69, 9.17) is 9.47 Å². The number of aromatic hydroxyl groups is 1. The van der Waals surface area contributed by atoms with Gasteiger partial charge in [0.05, 0.1) is 11.0 Å². The highest BCUT2D eigenvalue weighted by atomic mass is 16.6. The molecule has 0 aromatic heterocycles. The maximum Gasteiger partial charge on any atom is 0.343 e. The molecular formula is C22H25NO8. The zero-order valence-corrected chi connectivity index (χ0v) is 17.2. The van der Waals surface area contributed by atoms with Gasteiger partial charge in [-0.15, -0.1) is 0 Å². The largest absolute Gasteiger partial charge is 0.504 e. The van der Waals surface area contributed by atoms with Crippen LogP contribution >= 0.6 is 0 Å². The molecule has 0 radical (unpaired) electrons. The molecule has 2 aliphatic heterocycles. The van der Waals surface area contributed by atoms with Gasteiger partial charge in [0.25, 0.3) is 0 Å². The molecule has 31 heavy (non-hydrogen) atoms. The number of rotatable bonds is 4. The molecule has 0 amide bonds. The van der Waals surface area contributed by atoms with Crippen LogP contribution in [0, 0.1) is 0 Å². The Kier molecular flexibility index (Phi) is 4.30. The van der Waals surface area contributed by atoms with Crippen molar-refractivity contribution in [2.45, 2.75) is 61.6 Å². The third kappa shape index (κ3) is 2.46. The summed E-state index contributed by atoms with van der Waals surface area (Å²) in [7, 11) is 1.96. The summed E-state index contributed by atoms with van der Waals surface area (Å²) >= 11 is 0. The van der Waals surface area contributed by atoms with Crippen LogP contribution in [-0.4, -0.2) is 80.6 Å². The highest BCUT2D eigenvalue weighted by Crippen LogP contribution is 2.65. The predicted molar refractivity (Wildman–Crippen MR) is 105 cm³/mol. The van der Waals surface area contributed by atoms with E-state index in [2.05, 4.69) is 4.90 Å². The lowest BCUT2D eigenvalue weighted by molar-refractivity contribution is -0.175. The number of likely N-dealkylation sites (tertiary alicyclic amines) is 1. The maximum atomic E-state index is 12.4. The second-order valence-electron chi connectivity index (χ2n) is 9.02. The lowest BCUT2D eigenvalue weighted by atomic mass is 9.50. The minimum Gasteiger partial charge on any atom is -0.504 e. The van der Waals surface area contributed by atoms with Gasteiger partial charge in [-0.3, -0.25) is 4.79 Å². The number of nitrogens with zero attached hydrogens (tertiary/aromatic N) is 1. The van der Waals surface area contributed by atoms with Crippen molar-refractivity contribution in [3.63, 3.8) is 0 Å². The number of ketones is 1. The first-order valence-corrected chi connectivity index (χ1v) is 10.3. The number of carbonyl (C=O) groups excluding carboxylic acids is 2. The fourth-order valence-corrected chi connectivity index (χ4v) is 5.97. The molecule has 4 N–H and O–H groups in total. The second kappa shape index (κ2) is 6.52. The van der Waals surface area contributed by atoms with Crippen LogP contribution in [-0.2, 0) is 26.2 Å². The van der Waals surface area contributed by atoms with Crippen molar-refractivity contribution in [2.24, 2.45) is 0 Å². The van der Waals surface area contributed by atoms with E-state index in [-0.39, 0.29) is 29.7 Å². The number of hydrogen-bond donors (Lipinski definition) is 4. The molecule has 2 aliphatic carbocycles. The molecule has 2 bridgehead atoms. The Balaban J connectivity index is 1.59. The molecule has 9 heteroatoms. The van der Waals surface area contributed by atoms with Crippen molar-refractivity contribution in [1.29, 1.82) is 0 Å². The normalized spacial score (nSPS) is 34.8. The summed E-state index contributed by atoms with van der Waals surface area (Å²) in [5, 5.41) is 42.2. The molecule has 0 saturated carbocycles. The molecule has 1 fully saturated rings. The number of likely N-dealkylation sites (N-methyl/N-ethyl adjacent to an activating group) is 1. The molecule has 1 spiro atoms. The molecule has 1 aromatic rings. The molecule has 4 aliphatic rings. The number of aliphatic hydroxyl groups excluding tert-OH is 2. The van der Waals surface area contributed by atoms with Crippen LogP contribution in [0.4, 0.5) is 0 Å². The minimum absolute atomic E-state index is 0.0556. The summed E-state index contributed by atoms with van der Waals surface area (Å²) in [5.74, 6) is -1.63. The number of esters is 1. The number of ether oxygens (including phenoxy) is 2. The Labute approximate surface area is 178 Å². The average Bonchev–Trinajstić information content (AvgIpc) is 3.09. The molecule has 1 saturated heterocycles. The quantitative estimate of drug-likeness (QED) is 0.466. The van der Waals surface area contributed by atoms with Crippen molar-refractivity contribution in [2.75, 3.05) is 13.6 Å². The van der Waals surface area contributed by atoms with Crippen LogP contribution in [0.15, 0.2) is 24.0 Å². The van der Waals surface area contributed by atoms with Crippen molar-refractivity contribution in [3.8, 4) is 11.5 Å². The predicted octanol–water partition coefficient (Wildman–Crippen LogP) is -0.476. The Bertz CT molecular complexity index is 1020. The van der Waals surface area contributed by atoms with Gasteiger partial charge in [0, 0.05) is 18.0 Å². The topological polar surface area (TPSA) is 137 Å². The summed E-state index contributed by atoms with van der Waals surface area (Å²) in [6.45, 7) is 1.73. The number of phenolic OH excluding ortho intramolecular Hbond substituents is 1. The zero-order valence-electron chi connectivity index (χ0n) is 17.2. The van der Waals surface area contributed by atoms with E-state index < -0.39 is 41.1 Å². The van der Waals surface area contributed by atoms with E-state index in [1.165, 1.54) is 0 Å². The Morgan fingerprint density at radius 3 is 2.74 bits per heavy atom. The first kappa shape index (κ1) is 20.4. The van der Waals surface area contributed by atoms with Crippen molar-refractivity contribution in [3.05, 3.63) is 35.1 Å². The number of piperidine rings is 1. The first-order valence-electron chi connectivity index (χ1n) is 10.3. The molecule has 1 aromatic carbocycles. The van der Waals surface area contributed by atoms with Crippen LogP contribution in [0.25, 0.3) is 0 Å². The highest BCUT2D eigenvalue weighted by Gasteiger charge is 2.72. The fraction of sp³-hybridized carbons (Fsp3) is 0.545. The van der Waals surface area contributed by atoms with Crippen LogP contribution in [0.2, 0.25) is 0 Å². The summed E-state index contributed by atoms with van der Waals surface area (Å²) < 4.78 is 11.5. The third-order valence-corrected chi connectivity index (χ3v) is 7.53. The molecule has 5 rings (SSSR count). The van der Waals surface area contributed by atoms with Crippen LogP contribution in [0.5, 0.6) is 11.5 Å². The first-order chi connectivity index (χ1) is 14.6. The zero-order chi connectivity index (χ0) is 22.3. The standard InChI is InChI=1S/C22H25NO8/c1-10(24)16(26)17(27)20(28)30-13-5-6-22(29)14-9-11-3-4-12(25)18-15(11)21(22,19(13)31-18)7-8-23(14)2/h3-5,14,16-17,19,25-27,29H,6-9H2,1-2H3/t14-,16+,17-,19?,21?,22-/m1/s1. The monoisotopic (exact) mass is 431 g/mol. The SMILES string of the molecule is CC(=O)[C@H](O)[C@@H](O)C(=O)OC1=CC[C@@]2(O)[C@H]3Cc4ccc(O)c5c4C2(CCN3C)C1O5. The molecule has 9 nitrogen and oxygen atoms in total. The van der Waals surface area contributed by atoms with Gasteiger partial charge >= 0.3 is 5.97 Å². The third-order valence-electron chi connectivity index (χ3n) is 7.53.